The van der Waals surface area contributed by atoms with Crippen molar-refractivity contribution in [2.24, 2.45) is 0 Å². The van der Waals surface area contributed by atoms with E-state index in [2.05, 4.69) is 5.32 Å². The lowest BCUT2D eigenvalue weighted by atomic mass is 10.1. The van der Waals surface area contributed by atoms with Gasteiger partial charge in [-0.15, -0.1) is 0 Å². The van der Waals surface area contributed by atoms with Crippen molar-refractivity contribution in [3.05, 3.63) is 52.5 Å². The van der Waals surface area contributed by atoms with E-state index >= 15 is 0 Å². The molecule has 1 atom stereocenters. The molecule has 0 aromatic heterocycles. The molecule has 23 heavy (non-hydrogen) atoms. The lowest BCUT2D eigenvalue weighted by Gasteiger charge is -2.33. The minimum atomic E-state index is -0.722. The first kappa shape index (κ1) is 15.6. The van der Waals surface area contributed by atoms with Gasteiger partial charge in [-0.05, 0) is 49.4 Å². The zero-order valence-corrected chi connectivity index (χ0v) is 13.6. The summed E-state index contributed by atoms with van der Waals surface area (Å²) < 4.78 is 5.33. The van der Waals surface area contributed by atoms with Crippen molar-refractivity contribution in [3.63, 3.8) is 0 Å². The van der Waals surface area contributed by atoms with Crippen molar-refractivity contribution in [1.29, 1.82) is 0 Å². The van der Waals surface area contributed by atoms with Crippen molar-refractivity contribution in [2.45, 2.75) is 13.0 Å². The zero-order valence-electron chi connectivity index (χ0n) is 12.0. The van der Waals surface area contributed by atoms with Crippen LogP contribution in [0.15, 0.2) is 42.5 Å². The Balaban J connectivity index is 1.93. The fraction of sp³-hybridized carbons (Fsp3) is 0.125. The van der Waals surface area contributed by atoms with E-state index in [1.807, 2.05) is 0 Å². The monoisotopic (exact) mass is 350 g/mol. The molecule has 1 aliphatic rings. The van der Waals surface area contributed by atoms with Crippen LogP contribution >= 0.6 is 23.2 Å². The Morgan fingerprint density at radius 3 is 2.48 bits per heavy atom. The fourth-order valence-electron chi connectivity index (χ4n) is 2.28. The molecule has 7 heteroatoms. The summed E-state index contributed by atoms with van der Waals surface area (Å²) in [6.07, 6.45) is -0.668. The molecule has 2 aromatic rings. The van der Waals surface area contributed by atoms with E-state index in [9.17, 15) is 9.59 Å². The number of fused-ring (bicyclic) bond motifs is 1. The molecule has 0 unspecified atom stereocenters. The molecule has 2 amide bonds. The van der Waals surface area contributed by atoms with Gasteiger partial charge < -0.3 is 10.1 Å². The summed E-state index contributed by atoms with van der Waals surface area (Å²) in [5, 5.41) is 3.72. The number of nitrogens with one attached hydrogen (secondary N) is 1. The van der Waals surface area contributed by atoms with E-state index in [1.54, 1.807) is 49.4 Å². The molecule has 1 N–H and O–H groups in total. The summed E-state index contributed by atoms with van der Waals surface area (Å²) in [6, 6.07) is 10.5. The first-order valence-corrected chi connectivity index (χ1v) is 7.58. The molecule has 3 rings (SSSR count). The zero-order chi connectivity index (χ0) is 16.6. The van der Waals surface area contributed by atoms with Crippen molar-refractivity contribution in [3.8, 4) is 5.75 Å². The molecule has 0 saturated heterocycles. The van der Waals surface area contributed by atoms with Gasteiger partial charge in [0, 0.05) is 10.0 Å². The average molecular weight is 351 g/mol. The molecule has 2 aromatic carbocycles. The van der Waals surface area contributed by atoms with Crippen molar-refractivity contribution in [1.82, 2.24) is 0 Å². The quantitative estimate of drug-likeness (QED) is 0.832. The SMILES string of the molecule is C[C@H]1C(=O)Nc2ccc(Cl)cc2N1C(=O)Oc1ccc(Cl)cc1. The highest BCUT2D eigenvalue weighted by Crippen LogP contribution is 2.35. The van der Waals surface area contributed by atoms with Gasteiger partial charge in [0.15, 0.2) is 0 Å². The molecule has 5 nitrogen and oxygen atoms in total. The summed E-state index contributed by atoms with van der Waals surface area (Å²) in [4.78, 5) is 25.8. The molecule has 0 saturated carbocycles. The van der Waals surface area contributed by atoms with Crippen LogP contribution in [0.25, 0.3) is 0 Å². The van der Waals surface area contributed by atoms with Gasteiger partial charge in [0.1, 0.15) is 11.8 Å². The maximum Gasteiger partial charge on any atom is 0.420 e. The molecule has 0 radical (unpaired) electrons. The van der Waals surface area contributed by atoms with Crippen LogP contribution in [-0.2, 0) is 4.79 Å². The maximum absolute atomic E-state index is 12.5. The summed E-state index contributed by atoms with van der Waals surface area (Å²) >= 11 is 11.8. The van der Waals surface area contributed by atoms with Crippen LogP contribution in [0.1, 0.15) is 6.92 Å². The minimum Gasteiger partial charge on any atom is -0.410 e. The van der Waals surface area contributed by atoms with Crippen LogP contribution in [0.3, 0.4) is 0 Å². The largest absolute Gasteiger partial charge is 0.420 e. The Bertz CT molecular complexity index is 777. The molecule has 0 bridgehead atoms. The van der Waals surface area contributed by atoms with Gasteiger partial charge in [-0.25, -0.2) is 4.79 Å². The van der Waals surface area contributed by atoms with Gasteiger partial charge in [-0.1, -0.05) is 23.2 Å². The number of hydrogen-bond acceptors (Lipinski definition) is 3. The van der Waals surface area contributed by atoms with E-state index in [-0.39, 0.29) is 5.91 Å². The second-order valence-corrected chi connectivity index (χ2v) is 5.89. The predicted molar refractivity (Wildman–Crippen MR) is 89.5 cm³/mol. The summed E-state index contributed by atoms with van der Waals surface area (Å²) in [5.74, 6) is 0.0361. The lowest BCUT2D eigenvalue weighted by molar-refractivity contribution is -0.117. The minimum absolute atomic E-state index is 0.298. The molecule has 1 aliphatic heterocycles. The Labute approximate surface area is 142 Å². The first-order chi connectivity index (χ1) is 11.0. The van der Waals surface area contributed by atoms with Gasteiger partial charge in [0.05, 0.1) is 11.4 Å². The van der Waals surface area contributed by atoms with Crippen LogP contribution in [0.2, 0.25) is 10.0 Å². The van der Waals surface area contributed by atoms with E-state index in [4.69, 9.17) is 27.9 Å². The van der Waals surface area contributed by atoms with Crippen molar-refractivity contribution >= 4 is 46.6 Å². The fourth-order valence-corrected chi connectivity index (χ4v) is 2.57. The number of carbonyl (C=O) groups is 2. The lowest BCUT2D eigenvalue weighted by Crippen LogP contribution is -2.50. The molecule has 1 heterocycles. The average Bonchev–Trinajstić information content (AvgIpc) is 2.51. The number of benzene rings is 2. The highest BCUT2D eigenvalue weighted by atomic mass is 35.5. The third-order valence-electron chi connectivity index (χ3n) is 3.46. The normalized spacial score (nSPS) is 16.6. The molecule has 0 aliphatic carbocycles. The number of anilines is 2. The smallest absolute Gasteiger partial charge is 0.410 e. The standard InChI is InChI=1S/C16H12Cl2N2O3/c1-9-15(21)19-13-7-4-11(18)8-14(13)20(9)16(22)23-12-5-2-10(17)3-6-12/h2-9H,1H3,(H,19,21)/t9-/m0/s1. The molecule has 0 spiro atoms. The van der Waals surface area contributed by atoms with Crippen LogP contribution in [-0.4, -0.2) is 18.0 Å². The Hall–Kier alpha value is -2.24. The molecular formula is C16H12Cl2N2O3. The van der Waals surface area contributed by atoms with E-state index < -0.39 is 12.1 Å². The van der Waals surface area contributed by atoms with Gasteiger partial charge in [0.2, 0.25) is 5.91 Å². The van der Waals surface area contributed by atoms with Gasteiger partial charge in [0.25, 0.3) is 0 Å². The van der Waals surface area contributed by atoms with Crippen LogP contribution in [0, 0.1) is 0 Å². The van der Waals surface area contributed by atoms with Gasteiger partial charge >= 0.3 is 6.09 Å². The third-order valence-corrected chi connectivity index (χ3v) is 3.95. The topological polar surface area (TPSA) is 58.6 Å². The molecule has 118 valence electrons. The van der Waals surface area contributed by atoms with E-state index in [0.717, 1.165) is 0 Å². The van der Waals surface area contributed by atoms with Gasteiger partial charge in [-0.2, -0.15) is 0 Å². The van der Waals surface area contributed by atoms with Crippen molar-refractivity contribution in [2.75, 3.05) is 10.2 Å². The van der Waals surface area contributed by atoms with Crippen molar-refractivity contribution < 1.29 is 14.3 Å². The third kappa shape index (κ3) is 3.11. The molecular weight excluding hydrogens is 339 g/mol. The second kappa shape index (κ2) is 6.10. The number of ether oxygens (including phenoxy) is 1. The number of nitrogens with zero attached hydrogens (tertiary/aromatic N) is 1. The van der Waals surface area contributed by atoms with E-state index in [0.29, 0.717) is 27.2 Å². The Kier molecular flexibility index (Phi) is 4.15. The number of rotatable bonds is 1. The second-order valence-electron chi connectivity index (χ2n) is 5.02. The van der Waals surface area contributed by atoms with E-state index in [1.165, 1.54) is 4.90 Å². The highest BCUT2D eigenvalue weighted by Gasteiger charge is 2.35. The first-order valence-electron chi connectivity index (χ1n) is 6.83. The van der Waals surface area contributed by atoms with Crippen LogP contribution in [0.4, 0.5) is 16.2 Å². The summed E-state index contributed by atoms with van der Waals surface area (Å²) in [6.45, 7) is 1.61. The van der Waals surface area contributed by atoms with Crippen LogP contribution in [0.5, 0.6) is 5.75 Å². The molecule has 0 fully saturated rings. The van der Waals surface area contributed by atoms with Crippen LogP contribution < -0.4 is 15.0 Å². The Morgan fingerprint density at radius 2 is 1.78 bits per heavy atom. The summed E-state index contributed by atoms with van der Waals surface area (Å²) in [7, 11) is 0. The number of amides is 2. The number of carbonyl (C=O) groups excluding carboxylic acids is 2. The number of halogens is 2. The number of hydrogen-bond donors (Lipinski definition) is 1. The maximum atomic E-state index is 12.5. The predicted octanol–water partition coefficient (Wildman–Crippen LogP) is 4.34. The van der Waals surface area contributed by atoms with Gasteiger partial charge in [-0.3, -0.25) is 9.69 Å². The highest BCUT2D eigenvalue weighted by molar-refractivity contribution is 6.31. The summed E-state index contributed by atoms with van der Waals surface area (Å²) in [5.41, 5.74) is 0.995. The Morgan fingerprint density at radius 1 is 1.13 bits per heavy atom.